The minimum atomic E-state index is -0.0217. The van der Waals surface area contributed by atoms with Gasteiger partial charge in [0.25, 0.3) is 5.56 Å². The smallest absolute Gasteiger partial charge is 0.262 e. The molecule has 0 saturated carbocycles. The number of nitrogens with zero attached hydrogens (tertiary/aromatic N) is 2. The van der Waals surface area contributed by atoms with Crippen molar-refractivity contribution in [1.29, 1.82) is 0 Å². The summed E-state index contributed by atoms with van der Waals surface area (Å²) in [6, 6.07) is 15.5. The molecule has 0 aliphatic carbocycles. The summed E-state index contributed by atoms with van der Waals surface area (Å²) in [6.07, 6.45) is 2.35. The Hall–Kier alpha value is -2.63. The highest BCUT2D eigenvalue weighted by molar-refractivity contribution is 7.17. The van der Waals surface area contributed by atoms with Crippen LogP contribution >= 0.6 is 22.9 Å². The zero-order chi connectivity index (χ0) is 19.5. The van der Waals surface area contributed by atoms with E-state index in [1.165, 1.54) is 16.9 Å². The highest BCUT2D eigenvalue weighted by Crippen LogP contribution is 2.31. The highest BCUT2D eigenvalue weighted by Gasteiger charge is 2.13. The summed E-state index contributed by atoms with van der Waals surface area (Å²) < 4.78 is 7.41. The molecule has 4 nitrogen and oxygen atoms in total. The minimum absolute atomic E-state index is 0.0217. The topological polar surface area (TPSA) is 44.1 Å². The van der Waals surface area contributed by atoms with Crippen LogP contribution in [-0.4, -0.2) is 16.2 Å². The van der Waals surface area contributed by atoms with Crippen LogP contribution < -0.4 is 10.3 Å². The third-order valence-corrected chi connectivity index (χ3v) is 5.69. The number of ether oxygens (including phenoxy) is 1. The van der Waals surface area contributed by atoms with Crippen molar-refractivity contribution in [3.05, 3.63) is 81.2 Å². The molecule has 4 aromatic rings. The van der Waals surface area contributed by atoms with Crippen molar-refractivity contribution >= 4 is 33.2 Å². The molecule has 0 N–H and O–H groups in total. The molecule has 0 aliphatic heterocycles. The van der Waals surface area contributed by atoms with Crippen LogP contribution in [0.5, 0.6) is 5.75 Å². The molecule has 0 aliphatic rings. The van der Waals surface area contributed by atoms with Crippen LogP contribution in [0.25, 0.3) is 21.3 Å². The van der Waals surface area contributed by atoms with Crippen molar-refractivity contribution in [2.45, 2.75) is 19.9 Å². The fourth-order valence-electron chi connectivity index (χ4n) is 3.03. The van der Waals surface area contributed by atoms with Gasteiger partial charge in [-0.3, -0.25) is 9.36 Å². The van der Waals surface area contributed by atoms with Gasteiger partial charge < -0.3 is 4.74 Å². The van der Waals surface area contributed by atoms with Crippen molar-refractivity contribution in [2.75, 3.05) is 6.61 Å². The van der Waals surface area contributed by atoms with Crippen molar-refractivity contribution in [3.63, 3.8) is 0 Å². The van der Waals surface area contributed by atoms with Gasteiger partial charge in [-0.1, -0.05) is 41.4 Å². The van der Waals surface area contributed by atoms with Crippen LogP contribution in [0.1, 0.15) is 12.0 Å². The van der Waals surface area contributed by atoms with Crippen LogP contribution in [0.15, 0.2) is 65.0 Å². The summed E-state index contributed by atoms with van der Waals surface area (Å²) in [5, 5.41) is 3.31. The Kier molecular flexibility index (Phi) is 5.46. The molecular weight excluding hydrogens is 392 g/mol. The maximum Gasteiger partial charge on any atom is 0.262 e. The lowest BCUT2D eigenvalue weighted by atomic mass is 10.1. The quantitative estimate of drug-likeness (QED) is 0.391. The first-order valence-electron chi connectivity index (χ1n) is 9.04. The SMILES string of the molecule is Cc1ccc(OCCCn2cnc3scc(-c4ccc(Cl)cc4)c3c2=O)cc1. The number of halogens is 1. The summed E-state index contributed by atoms with van der Waals surface area (Å²) >= 11 is 7.46. The van der Waals surface area contributed by atoms with E-state index < -0.39 is 0 Å². The van der Waals surface area contributed by atoms with Crippen molar-refractivity contribution in [3.8, 4) is 16.9 Å². The standard InChI is InChI=1S/C22H19ClN2O2S/c1-15-3-9-18(10-4-15)27-12-2-11-25-14-24-21-20(22(25)26)19(13-28-21)16-5-7-17(23)8-6-16/h3-10,13-14H,2,11-12H2,1H3. The Labute approximate surface area is 172 Å². The molecular formula is C22H19ClN2O2S. The van der Waals surface area contributed by atoms with Crippen molar-refractivity contribution in [1.82, 2.24) is 9.55 Å². The molecule has 0 spiro atoms. The third-order valence-electron chi connectivity index (χ3n) is 4.55. The molecule has 0 atom stereocenters. The highest BCUT2D eigenvalue weighted by atomic mass is 35.5. The number of aryl methyl sites for hydroxylation is 2. The van der Waals surface area contributed by atoms with Gasteiger partial charge in [0.1, 0.15) is 10.6 Å². The second-order valence-corrected chi connectivity index (χ2v) is 7.89. The normalized spacial score (nSPS) is 11.1. The van der Waals surface area contributed by atoms with Crippen LogP contribution in [0.4, 0.5) is 0 Å². The predicted molar refractivity (Wildman–Crippen MR) is 116 cm³/mol. The van der Waals surface area contributed by atoms with Crippen molar-refractivity contribution in [2.24, 2.45) is 0 Å². The Balaban J connectivity index is 1.51. The molecule has 142 valence electrons. The van der Waals surface area contributed by atoms with Gasteiger partial charge in [0, 0.05) is 22.5 Å². The molecule has 0 amide bonds. The Morgan fingerprint density at radius 2 is 1.86 bits per heavy atom. The van der Waals surface area contributed by atoms with E-state index in [9.17, 15) is 4.79 Å². The molecule has 0 unspecified atom stereocenters. The van der Waals surface area contributed by atoms with Gasteiger partial charge in [0.15, 0.2) is 0 Å². The second-order valence-electron chi connectivity index (χ2n) is 6.59. The number of hydrogen-bond donors (Lipinski definition) is 0. The van der Waals surface area contributed by atoms with E-state index in [0.29, 0.717) is 23.6 Å². The summed E-state index contributed by atoms with van der Waals surface area (Å²) in [4.78, 5) is 18.2. The number of benzene rings is 2. The van der Waals surface area contributed by atoms with Gasteiger partial charge >= 0.3 is 0 Å². The first-order valence-corrected chi connectivity index (χ1v) is 10.3. The van der Waals surface area contributed by atoms with Crippen LogP contribution in [0, 0.1) is 6.92 Å². The van der Waals surface area contributed by atoms with Crippen LogP contribution in [-0.2, 0) is 6.54 Å². The van der Waals surface area contributed by atoms with Gasteiger partial charge in [-0.2, -0.15) is 0 Å². The van der Waals surface area contributed by atoms with Crippen molar-refractivity contribution < 1.29 is 4.74 Å². The number of aromatic nitrogens is 2. The predicted octanol–water partition coefficient (Wildman–Crippen LogP) is 5.56. The fourth-order valence-corrected chi connectivity index (χ4v) is 4.06. The summed E-state index contributed by atoms with van der Waals surface area (Å²) in [5.41, 5.74) is 3.05. The van der Waals surface area contributed by atoms with E-state index >= 15 is 0 Å². The second kappa shape index (κ2) is 8.17. The van der Waals surface area contributed by atoms with E-state index in [-0.39, 0.29) is 5.56 Å². The van der Waals surface area contributed by atoms with E-state index in [1.807, 2.05) is 60.8 Å². The molecule has 2 aromatic heterocycles. The molecule has 6 heteroatoms. The lowest BCUT2D eigenvalue weighted by molar-refractivity contribution is 0.301. The van der Waals surface area contributed by atoms with Gasteiger partial charge in [-0.25, -0.2) is 4.98 Å². The Morgan fingerprint density at radius 3 is 2.61 bits per heavy atom. The molecule has 0 saturated heterocycles. The molecule has 0 bridgehead atoms. The van der Waals surface area contributed by atoms with E-state index in [0.717, 1.165) is 28.1 Å². The van der Waals surface area contributed by atoms with E-state index in [2.05, 4.69) is 4.98 Å². The van der Waals surface area contributed by atoms with E-state index in [1.54, 1.807) is 10.9 Å². The molecule has 2 aromatic carbocycles. The lowest BCUT2D eigenvalue weighted by Crippen LogP contribution is -2.21. The molecule has 0 radical (unpaired) electrons. The summed E-state index contributed by atoms with van der Waals surface area (Å²) in [5.74, 6) is 0.842. The van der Waals surface area contributed by atoms with Gasteiger partial charge in [0.2, 0.25) is 0 Å². The maximum atomic E-state index is 13.0. The number of rotatable bonds is 6. The Morgan fingerprint density at radius 1 is 1.11 bits per heavy atom. The average molecular weight is 411 g/mol. The molecule has 28 heavy (non-hydrogen) atoms. The summed E-state index contributed by atoms with van der Waals surface area (Å²) in [6.45, 7) is 3.15. The van der Waals surface area contributed by atoms with Crippen LogP contribution in [0.3, 0.4) is 0 Å². The zero-order valence-electron chi connectivity index (χ0n) is 15.4. The third kappa shape index (κ3) is 3.96. The average Bonchev–Trinajstić information content (AvgIpc) is 3.14. The minimum Gasteiger partial charge on any atom is -0.494 e. The van der Waals surface area contributed by atoms with E-state index in [4.69, 9.17) is 16.3 Å². The largest absolute Gasteiger partial charge is 0.494 e. The number of fused-ring (bicyclic) bond motifs is 1. The molecule has 2 heterocycles. The summed E-state index contributed by atoms with van der Waals surface area (Å²) in [7, 11) is 0. The first kappa shape index (κ1) is 18.7. The van der Waals surface area contributed by atoms with Gasteiger partial charge in [-0.05, 0) is 43.2 Å². The molecule has 4 rings (SSSR count). The molecule has 0 fully saturated rings. The lowest BCUT2D eigenvalue weighted by Gasteiger charge is -2.08. The number of thiophene rings is 1. The van der Waals surface area contributed by atoms with Gasteiger partial charge in [-0.15, -0.1) is 11.3 Å². The fraction of sp³-hybridized carbons (Fsp3) is 0.182. The monoisotopic (exact) mass is 410 g/mol. The van der Waals surface area contributed by atoms with Gasteiger partial charge in [0.05, 0.1) is 18.3 Å². The number of hydrogen-bond acceptors (Lipinski definition) is 4. The zero-order valence-corrected chi connectivity index (χ0v) is 17.0. The Bertz CT molecular complexity index is 1150. The van der Waals surface area contributed by atoms with Crippen LogP contribution in [0.2, 0.25) is 5.02 Å². The maximum absolute atomic E-state index is 13.0. The first-order chi connectivity index (χ1) is 13.6.